The van der Waals surface area contributed by atoms with Gasteiger partial charge in [-0.25, -0.2) is 4.79 Å². The zero-order chi connectivity index (χ0) is 22.3. The highest BCUT2D eigenvalue weighted by Crippen LogP contribution is 2.46. The topological polar surface area (TPSA) is 75.7 Å². The van der Waals surface area contributed by atoms with E-state index in [0.29, 0.717) is 0 Å². The molecule has 29 heavy (non-hydrogen) atoms. The SMILES string of the molecule is COC(=O)C1=C(C)N(C(C)C)C(=O)C1(NC(=O)c1ccc(Cl)cc1Cl)C(F)(F)F. The fraction of sp³-hybridized carbons (Fsp3) is 0.389. The van der Waals surface area contributed by atoms with Crippen LogP contribution in [0.5, 0.6) is 0 Å². The Morgan fingerprint density at radius 3 is 2.28 bits per heavy atom. The molecule has 0 saturated carbocycles. The summed E-state index contributed by atoms with van der Waals surface area (Å²) in [6.07, 6.45) is -5.35. The van der Waals surface area contributed by atoms with Crippen molar-refractivity contribution in [1.29, 1.82) is 0 Å². The van der Waals surface area contributed by atoms with Gasteiger partial charge in [0.15, 0.2) is 0 Å². The predicted octanol–water partition coefficient (Wildman–Crippen LogP) is 3.72. The fourth-order valence-corrected chi connectivity index (χ4v) is 3.71. The highest BCUT2D eigenvalue weighted by molar-refractivity contribution is 6.36. The van der Waals surface area contributed by atoms with E-state index in [1.54, 1.807) is 5.32 Å². The van der Waals surface area contributed by atoms with Crippen LogP contribution < -0.4 is 5.32 Å². The van der Waals surface area contributed by atoms with Crippen molar-refractivity contribution in [2.75, 3.05) is 7.11 Å². The van der Waals surface area contributed by atoms with Crippen LogP contribution in [-0.4, -0.2) is 47.6 Å². The maximum atomic E-state index is 14.3. The van der Waals surface area contributed by atoms with Gasteiger partial charge in [-0.05, 0) is 39.0 Å². The van der Waals surface area contributed by atoms with E-state index in [9.17, 15) is 27.6 Å². The van der Waals surface area contributed by atoms with E-state index in [2.05, 4.69) is 4.74 Å². The largest absolute Gasteiger partial charge is 0.466 e. The molecule has 0 fully saturated rings. The summed E-state index contributed by atoms with van der Waals surface area (Å²) in [5.41, 5.74) is -5.26. The molecule has 1 aliphatic rings. The summed E-state index contributed by atoms with van der Waals surface area (Å²) >= 11 is 11.7. The lowest BCUT2D eigenvalue weighted by atomic mass is 9.88. The molecule has 2 rings (SSSR count). The lowest BCUT2D eigenvalue weighted by molar-refractivity contribution is -0.192. The first-order valence-corrected chi connectivity index (χ1v) is 9.02. The van der Waals surface area contributed by atoms with Crippen molar-refractivity contribution >= 4 is 41.0 Å². The quantitative estimate of drug-likeness (QED) is 0.706. The molecule has 1 aromatic carbocycles. The van der Waals surface area contributed by atoms with Crippen LogP contribution in [0.25, 0.3) is 0 Å². The number of ether oxygens (including phenoxy) is 1. The van der Waals surface area contributed by atoms with Gasteiger partial charge in [-0.1, -0.05) is 23.2 Å². The van der Waals surface area contributed by atoms with Crippen molar-refractivity contribution in [3.05, 3.63) is 45.1 Å². The second-order valence-electron chi connectivity index (χ2n) is 6.55. The molecule has 0 aromatic heterocycles. The third-order valence-electron chi connectivity index (χ3n) is 4.45. The van der Waals surface area contributed by atoms with Gasteiger partial charge < -0.3 is 15.0 Å². The maximum Gasteiger partial charge on any atom is 0.425 e. The standard InChI is InChI=1S/C18H17Cl2F3N2O4/c1-8(2)25-9(3)13(15(27)29-4)17(16(25)28,18(21,22)23)24-14(26)11-6-5-10(19)7-12(11)20/h5-8H,1-4H3,(H,24,26). The van der Waals surface area contributed by atoms with Crippen LogP contribution in [0.1, 0.15) is 31.1 Å². The van der Waals surface area contributed by atoms with Crippen molar-refractivity contribution in [3.63, 3.8) is 0 Å². The summed E-state index contributed by atoms with van der Waals surface area (Å²) in [5.74, 6) is -4.22. The number of carbonyl (C=O) groups is 3. The number of rotatable bonds is 4. The number of amides is 2. The zero-order valence-corrected chi connectivity index (χ0v) is 17.3. The Morgan fingerprint density at radius 2 is 1.83 bits per heavy atom. The number of hydrogen-bond donors (Lipinski definition) is 1. The lowest BCUT2D eigenvalue weighted by Gasteiger charge is -2.33. The smallest absolute Gasteiger partial charge is 0.425 e. The van der Waals surface area contributed by atoms with Gasteiger partial charge in [0.2, 0.25) is 0 Å². The molecule has 0 spiro atoms. The fourth-order valence-electron chi connectivity index (χ4n) is 3.22. The first kappa shape index (κ1) is 23.0. The van der Waals surface area contributed by atoms with Crippen LogP contribution in [0.2, 0.25) is 10.0 Å². The van der Waals surface area contributed by atoms with Crippen molar-refractivity contribution in [3.8, 4) is 0 Å². The molecule has 1 atom stereocenters. The number of halogens is 5. The van der Waals surface area contributed by atoms with E-state index in [-0.39, 0.29) is 21.3 Å². The van der Waals surface area contributed by atoms with Gasteiger partial charge in [-0.15, -0.1) is 0 Å². The number of esters is 1. The molecule has 1 aliphatic heterocycles. The Morgan fingerprint density at radius 1 is 1.24 bits per heavy atom. The van der Waals surface area contributed by atoms with E-state index in [1.807, 2.05) is 0 Å². The number of hydrogen-bond acceptors (Lipinski definition) is 4. The van der Waals surface area contributed by atoms with Crippen molar-refractivity contribution in [2.24, 2.45) is 0 Å². The van der Waals surface area contributed by atoms with Crippen LogP contribution in [0, 0.1) is 0 Å². The Bertz CT molecular complexity index is 915. The monoisotopic (exact) mass is 452 g/mol. The van der Waals surface area contributed by atoms with Crippen LogP contribution in [0.15, 0.2) is 29.5 Å². The van der Waals surface area contributed by atoms with Gasteiger partial charge in [-0.3, -0.25) is 9.59 Å². The minimum Gasteiger partial charge on any atom is -0.466 e. The molecule has 1 unspecified atom stereocenters. The highest BCUT2D eigenvalue weighted by atomic mass is 35.5. The Hall–Kier alpha value is -2.26. The minimum atomic E-state index is -5.35. The lowest BCUT2D eigenvalue weighted by Crippen LogP contribution is -2.66. The first-order chi connectivity index (χ1) is 13.3. The highest BCUT2D eigenvalue weighted by Gasteiger charge is 2.71. The number of benzene rings is 1. The van der Waals surface area contributed by atoms with Gasteiger partial charge in [0.05, 0.1) is 17.7 Å². The molecule has 6 nitrogen and oxygen atoms in total. The van der Waals surface area contributed by atoms with Crippen molar-refractivity contribution < 1.29 is 32.3 Å². The number of alkyl halides is 3. The van der Waals surface area contributed by atoms with Crippen LogP contribution in [0.4, 0.5) is 13.2 Å². The number of nitrogens with one attached hydrogen (secondary N) is 1. The van der Waals surface area contributed by atoms with E-state index in [4.69, 9.17) is 23.2 Å². The number of nitrogens with zero attached hydrogens (tertiary/aromatic N) is 1. The van der Waals surface area contributed by atoms with Crippen molar-refractivity contribution in [2.45, 2.75) is 38.5 Å². The third kappa shape index (κ3) is 3.69. The molecule has 1 heterocycles. The van der Waals surface area contributed by atoms with Crippen LogP contribution in [-0.2, 0) is 14.3 Å². The average Bonchev–Trinajstić information content (AvgIpc) is 2.81. The van der Waals surface area contributed by atoms with Gasteiger partial charge >= 0.3 is 12.1 Å². The molecule has 0 saturated heterocycles. The normalized spacial score (nSPS) is 19.8. The summed E-state index contributed by atoms with van der Waals surface area (Å²) in [5, 5.41) is 1.63. The molecule has 158 valence electrons. The van der Waals surface area contributed by atoms with Gasteiger partial charge in [0, 0.05) is 16.8 Å². The zero-order valence-electron chi connectivity index (χ0n) is 15.8. The van der Waals surface area contributed by atoms with Gasteiger partial charge in [0.1, 0.15) is 5.57 Å². The summed E-state index contributed by atoms with van der Waals surface area (Å²) in [4.78, 5) is 38.7. The Kier molecular flexibility index (Phi) is 6.25. The summed E-state index contributed by atoms with van der Waals surface area (Å²) in [7, 11) is 0.879. The third-order valence-corrected chi connectivity index (χ3v) is 4.99. The molecule has 0 bridgehead atoms. The molecular formula is C18H17Cl2F3N2O4. The molecule has 0 aliphatic carbocycles. The molecule has 1 N–H and O–H groups in total. The minimum absolute atomic E-state index is 0.158. The van der Waals surface area contributed by atoms with E-state index in [0.717, 1.165) is 24.1 Å². The summed E-state index contributed by atoms with van der Waals surface area (Å²) in [6, 6.07) is 2.81. The molecule has 0 radical (unpaired) electrons. The van der Waals surface area contributed by atoms with E-state index in [1.165, 1.54) is 26.8 Å². The number of carbonyl (C=O) groups excluding carboxylic acids is 3. The summed E-state index contributed by atoms with van der Waals surface area (Å²) in [6.45, 7) is 4.13. The average molecular weight is 453 g/mol. The van der Waals surface area contributed by atoms with Crippen LogP contribution in [0.3, 0.4) is 0 Å². The molecular weight excluding hydrogens is 436 g/mol. The second-order valence-corrected chi connectivity index (χ2v) is 7.39. The maximum absolute atomic E-state index is 14.3. The Balaban J connectivity index is 2.72. The second kappa shape index (κ2) is 7.87. The van der Waals surface area contributed by atoms with Crippen molar-refractivity contribution in [1.82, 2.24) is 10.2 Å². The van der Waals surface area contributed by atoms with E-state index >= 15 is 0 Å². The summed E-state index contributed by atoms with van der Waals surface area (Å²) < 4.78 is 47.4. The first-order valence-electron chi connectivity index (χ1n) is 8.27. The Labute approximate surface area is 174 Å². The number of allylic oxidation sites excluding steroid dienone is 1. The van der Waals surface area contributed by atoms with Gasteiger partial charge in [0.25, 0.3) is 17.4 Å². The van der Waals surface area contributed by atoms with E-state index < -0.39 is 41.1 Å². The molecule has 1 aromatic rings. The molecule has 2 amide bonds. The van der Waals surface area contributed by atoms with Gasteiger partial charge in [-0.2, -0.15) is 13.2 Å². The number of methoxy groups -OCH3 is 1. The molecule has 11 heteroatoms. The predicted molar refractivity (Wildman–Crippen MR) is 99.4 cm³/mol. The van der Waals surface area contributed by atoms with Crippen LogP contribution >= 0.6 is 23.2 Å².